The predicted octanol–water partition coefficient (Wildman–Crippen LogP) is 17.7. The number of rotatable bonds is 55. The molecule has 0 fully saturated rings. The van der Waals surface area contributed by atoms with Crippen LogP contribution >= 0.6 is 7.82 Å². The number of ether oxygens (including phenoxy) is 3. The average molecular weight is 1060 g/mol. The van der Waals surface area contributed by atoms with E-state index in [2.05, 4.69) is 93.7 Å². The van der Waals surface area contributed by atoms with Gasteiger partial charge in [0.25, 0.3) is 0 Å². The summed E-state index contributed by atoms with van der Waals surface area (Å²) in [7, 11) is -4.76. The molecule has 0 aliphatic heterocycles. The van der Waals surface area contributed by atoms with Crippen molar-refractivity contribution in [1.29, 1.82) is 0 Å². The van der Waals surface area contributed by atoms with E-state index in [1.165, 1.54) is 89.9 Å². The average Bonchev–Trinajstić information content (AvgIpc) is 3.39. The van der Waals surface area contributed by atoms with Gasteiger partial charge in [0.2, 0.25) is 0 Å². The third-order valence-electron chi connectivity index (χ3n) is 12.6. The molecule has 0 aliphatic rings. The van der Waals surface area contributed by atoms with E-state index in [1.54, 1.807) is 0 Å². The van der Waals surface area contributed by atoms with E-state index >= 15 is 0 Å². The zero-order valence-corrected chi connectivity index (χ0v) is 48.2. The lowest BCUT2D eigenvalue weighted by Crippen LogP contribution is -2.30. The highest BCUT2D eigenvalue weighted by Crippen LogP contribution is 2.43. The van der Waals surface area contributed by atoms with Crippen molar-refractivity contribution in [3.63, 3.8) is 0 Å². The van der Waals surface area contributed by atoms with E-state index in [4.69, 9.17) is 23.3 Å². The second kappa shape index (κ2) is 56.1. The fourth-order valence-electron chi connectivity index (χ4n) is 8.15. The molecule has 0 spiro atoms. The van der Waals surface area contributed by atoms with Gasteiger partial charge in [0.1, 0.15) is 12.7 Å². The third-order valence-corrected chi connectivity index (χ3v) is 13.6. The van der Waals surface area contributed by atoms with Gasteiger partial charge in [-0.3, -0.25) is 23.4 Å². The molecule has 2 N–H and O–H groups in total. The summed E-state index contributed by atoms with van der Waals surface area (Å²) in [5.74, 6) is -1.50. The Morgan fingerprint density at radius 1 is 0.392 bits per heavy atom. The number of phosphoric ester groups is 1. The van der Waals surface area contributed by atoms with Crippen molar-refractivity contribution < 1.29 is 52.2 Å². The van der Waals surface area contributed by atoms with Gasteiger partial charge in [-0.1, -0.05) is 235 Å². The number of esters is 3. The number of aliphatic hydroxyl groups is 1. The quantitative estimate of drug-likeness (QED) is 0.0197. The first-order valence-corrected chi connectivity index (χ1v) is 31.3. The highest BCUT2D eigenvalue weighted by molar-refractivity contribution is 7.47. The summed E-state index contributed by atoms with van der Waals surface area (Å²) < 4.78 is 39.5. The molecule has 11 nitrogen and oxygen atoms in total. The Hall–Kier alpha value is -3.08. The number of carbonyl (C=O) groups excluding carboxylic acids is 3. The molecule has 0 saturated heterocycles. The smallest absolute Gasteiger partial charge is 0.462 e. The van der Waals surface area contributed by atoms with Gasteiger partial charge in [0, 0.05) is 19.3 Å². The summed E-state index contributed by atoms with van der Waals surface area (Å²) >= 11 is 0. The van der Waals surface area contributed by atoms with Crippen molar-refractivity contribution >= 4 is 25.7 Å². The van der Waals surface area contributed by atoms with Crippen molar-refractivity contribution in [2.24, 2.45) is 0 Å². The van der Waals surface area contributed by atoms with Crippen LogP contribution in [-0.4, -0.2) is 66.5 Å². The van der Waals surface area contributed by atoms with E-state index in [0.29, 0.717) is 19.3 Å². The largest absolute Gasteiger partial charge is 0.472 e. The van der Waals surface area contributed by atoms with Crippen molar-refractivity contribution in [3.8, 4) is 0 Å². The molecule has 0 bridgehead atoms. The van der Waals surface area contributed by atoms with Crippen molar-refractivity contribution in [2.75, 3.05) is 26.4 Å². The lowest BCUT2D eigenvalue weighted by Gasteiger charge is -2.21. The Kier molecular flexibility index (Phi) is 53.8. The minimum Gasteiger partial charge on any atom is -0.462 e. The fraction of sp³-hybridized carbons (Fsp3) is 0.758. The van der Waals surface area contributed by atoms with E-state index in [9.17, 15) is 28.9 Å². The minimum atomic E-state index is -4.76. The third kappa shape index (κ3) is 53.7. The zero-order chi connectivity index (χ0) is 54.1. The molecular formula is C62H109O11P. The Balaban J connectivity index is 4.74. The van der Waals surface area contributed by atoms with Crippen LogP contribution in [0.1, 0.15) is 265 Å². The zero-order valence-electron chi connectivity index (χ0n) is 47.3. The van der Waals surface area contributed by atoms with Gasteiger partial charge in [-0.2, -0.15) is 0 Å². The van der Waals surface area contributed by atoms with Gasteiger partial charge in [-0.05, 0) is 83.5 Å². The molecule has 0 aromatic carbocycles. The Labute approximate surface area is 452 Å². The SMILES string of the molecule is CC/C=C\C/C=C\C/C=C\CCCCCCCCCC(=O)OC(COC(=O)CCCCCCCCCCCCCCCCCCC)COP(=O)(O)OCC(CO)OC(=O)CCCCC/C=C\C/C=C\C/C=C\CC. The van der Waals surface area contributed by atoms with E-state index in [0.717, 1.165) is 116 Å². The molecule has 12 heteroatoms. The monoisotopic (exact) mass is 1060 g/mol. The van der Waals surface area contributed by atoms with Crippen LogP contribution in [0.3, 0.4) is 0 Å². The Bertz CT molecular complexity index is 1520. The number of hydrogen-bond acceptors (Lipinski definition) is 10. The molecule has 3 atom stereocenters. The van der Waals surface area contributed by atoms with Gasteiger partial charge in [-0.15, -0.1) is 0 Å². The number of hydrogen-bond donors (Lipinski definition) is 2. The predicted molar refractivity (Wildman–Crippen MR) is 307 cm³/mol. The van der Waals surface area contributed by atoms with Gasteiger partial charge in [-0.25, -0.2) is 4.57 Å². The van der Waals surface area contributed by atoms with E-state index in [1.807, 2.05) is 0 Å². The first-order valence-electron chi connectivity index (χ1n) is 29.8. The van der Waals surface area contributed by atoms with Crippen LogP contribution < -0.4 is 0 Å². The summed E-state index contributed by atoms with van der Waals surface area (Å²) in [5.41, 5.74) is 0. The molecule has 0 heterocycles. The molecule has 0 aliphatic carbocycles. The summed E-state index contributed by atoms with van der Waals surface area (Å²) in [5, 5.41) is 9.81. The standard InChI is InChI=1S/C62H109O11P/c1-4-7-10-13-16-19-22-25-27-29-31-34-36-39-42-45-48-51-60(64)69-55-59(73-62(66)53-50-47-44-41-38-35-32-30-28-26-23-20-17-14-11-8-5-2)57-71-74(67,68)70-56-58(54-63)72-61(65)52-49-46-43-40-37-33-24-21-18-15-12-9-6-3/h8-9,11-12,17-18,20-21,26,28,33,37,58-59,63H,4-7,10,13-16,19,22-25,27,29-32,34-36,38-57H2,1-3H3,(H,67,68)/b11-8-,12-9-,20-17-,21-18-,28-26-,37-33-. The van der Waals surface area contributed by atoms with E-state index in [-0.39, 0.29) is 25.9 Å². The highest BCUT2D eigenvalue weighted by Gasteiger charge is 2.28. The number of phosphoric acid groups is 1. The molecule has 428 valence electrons. The Morgan fingerprint density at radius 2 is 0.703 bits per heavy atom. The number of unbranched alkanes of at least 4 members (excludes halogenated alkanes) is 26. The maximum atomic E-state index is 12.9. The minimum absolute atomic E-state index is 0.140. The second-order valence-electron chi connectivity index (χ2n) is 19.8. The molecule has 0 amide bonds. The molecule has 0 saturated carbocycles. The fourth-order valence-corrected chi connectivity index (χ4v) is 8.93. The van der Waals surface area contributed by atoms with Gasteiger partial charge in [0.15, 0.2) is 6.10 Å². The summed E-state index contributed by atoms with van der Waals surface area (Å²) in [4.78, 5) is 48.6. The normalized spacial score (nSPS) is 13.9. The Morgan fingerprint density at radius 3 is 1.09 bits per heavy atom. The second-order valence-corrected chi connectivity index (χ2v) is 21.2. The lowest BCUT2D eigenvalue weighted by atomic mass is 10.0. The van der Waals surface area contributed by atoms with Crippen LogP contribution in [0.4, 0.5) is 0 Å². The molecule has 0 rings (SSSR count). The van der Waals surface area contributed by atoms with Gasteiger partial charge >= 0.3 is 25.7 Å². The first kappa shape index (κ1) is 70.9. The van der Waals surface area contributed by atoms with E-state index < -0.39 is 57.8 Å². The van der Waals surface area contributed by atoms with Crippen LogP contribution in [0, 0.1) is 0 Å². The summed E-state index contributed by atoms with van der Waals surface area (Å²) in [6, 6.07) is 0. The van der Waals surface area contributed by atoms with Crippen molar-refractivity contribution in [2.45, 2.75) is 277 Å². The summed E-state index contributed by atoms with van der Waals surface area (Å²) in [6.45, 7) is 4.40. The maximum Gasteiger partial charge on any atom is 0.472 e. The van der Waals surface area contributed by atoms with Gasteiger partial charge in [0.05, 0.1) is 19.8 Å². The lowest BCUT2D eigenvalue weighted by molar-refractivity contribution is -0.161. The number of allylic oxidation sites excluding steroid dienone is 12. The molecule has 0 aromatic heterocycles. The van der Waals surface area contributed by atoms with Crippen LogP contribution in [0.2, 0.25) is 0 Å². The van der Waals surface area contributed by atoms with Crippen LogP contribution in [0.25, 0.3) is 0 Å². The molecule has 0 aromatic rings. The van der Waals surface area contributed by atoms with Crippen molar-refractivity contribution in [1.82, 2.24) is 0 Å². The molecule has 0 radical (unpaired) electrons. The first-order chi connectivity index (χ1) is 36.2. The van der Waals surface area contributed by atoms with Gasteiger partial charge < -0.3 is 24.2 Å². The number of carbonyl (C=O) groups is 3. The molecule has 3 unspecified atom stereocenters. The topological polar surface area (TPSA) is 155 Å². The van der Waals surface area contributed by atoms with Crippen LogP contribution in [0.5, 0.6) is 0 Å². The summed E-state index contributed by atoms with van der Waals surface area (Å²) in [6.07, 6.45) is 62.9. The van der Waals surface area contributed by atoms with Crippen LogP contribution in [-0.2, 0) is 42.2 Å². The molecular weight excluding hydrogens is 952 g/mol. The highest BCUT2D eigenvalue weighted by atomic mass is 31.2. The number of aliphatic hydroxyl groups excluding tert-OH is 1. The molecule has 74 heavy (non-hydrogen) atoms. The van der Waals surface area contributed by atoms with Crippen molar-refractivity contribution in [3.05, 3.63) is 72.9 Å². The maximum absolute atomic E-state index is 12.9. The van der Waals surface area contributed by atoms with Crippen LogP contribution in [0.15, 0.2) is 72.9 Å².